The Balaban J connectivity index is 2.41. The molecule has 1 heterocycles. The largest absolute Gasteiger partial charge is 0.495 e. The fraction of sp³-hybridized carbons (Fsp3) is 0.312. The van der Waals surface area contributed by atoms with Crippen molar-refractivity contribution in [2.45, 2.75) is 6.42 Å². The van der Waals surface area contributed by atoms with Gasteiger partial charge in [-0.3, -0.25) is 0 Å². The molecule has 0 atom stereocenters. The van der Waals surface area contributed by atoms with Crippen LogP contribution in [0.3, 0.4) is 0 Å². The van der Waals surface area contributed by atoms with Crippen LogP contribution in [0.1, 0.15) is 6.42 Å². The van der Waals surface area contributed by atoms with Crippen molar-refractivity contribution in [3.05, 3.63) is 42.6 Å². The van der Waals surface area contributed by atoms with Gasteiger partial charge in [0.05, 0.1) is 19.9 Å². The molecule has 0 aliphatic heterocycles. The summed E-state index contributed by atoms with van der Waals surface area (Å²) in [6.45, 7) is 1.43. The summed E-state index contributed by atoms with van der Waals surface area (Å²) in [6.07, 6.45) is 2.61. The fourth-order valence-electron chi connectivity index (χ4n) is 2.17. The van der Waals surface area contributed by atoms with E-state index in [0.717, 1.165) is 30.1 Å². The van der Waals surface area contributed by atoms with Crippen LogP contribution in [0.4, 0.5) is 11.4 Å². The first-order valence-electron chi connectivity index (χ1n) is 6.90. The lowest BCUT2D eigenvalue weighted by molar-refractivity contribution is 0.398. The van der Waals surface area contributed by atoms with Crippen LogP contribution in [-0.2, 0) is 0 Å². The van der Waals surface area contributed by atoms with Crippen molar-refractivity contribution in [1.29, 1.82) is 0 Å². The average molecular weight is 287 g/mol. The number of pyridine rings is 1. The van der Waals surface area contributed by atoms with Crippen LogP contribution < -0.4 is 20.1 Å². The first kappa shape index (κ1) is 15.1. The van der Waals surface area contributed by atoms with Gasteiger partial charge in [-0.05, 0) is 31.2 Å². The molecule has 2 N–H and O–H groups in total. The Morgan fingerprint density at radius 1 is 1.14 bits per heavy atom. The maximum atomic E-state index is 5.66. The van der Waals surface area contributed by atoms with E-state index in [4.69, 9.17) is 15.2 Å². The van der Waals surface area contributed by atoms with Crippen molar-refractivity contribution in [2.75, 3.05) is 32.2 Å². The zero-order valence-corrected chi connectivity index (χ0v) is 12.5. The fourth-order valence-corrected chi connectivity index (χ4v) is 2.17. The van der Waals surface area contributed by atoms with E-state index in [2.05, 4.69) is 9.88 Å². The molecule has 2 aromatic rings. The number of nitrogens with zero attached hydrogens (tertiary/aromatic N) is 2. The molecular weight excluding hydrogens is 266 g/mol. The summed E-state index contributed by atoms with van der Waals surface area (Å²) in [4.78, 5) is 6.31. The molecule has 0 fully saturated rings. The Morgan fingerprint density at radius 3 is 2.67 bits per heavy atom. The van der Waals surface area contributed by atoms with Crippen LogP contribution in [0.5, 0.6) is 11.6 Å². The number of hydrogen-bond donors (Lipinski definition) is 1. The molecule has 112 valence electrons. The molecule has 0 spiro atoms. The zero-order chi connectivity index (χ0) is 15.1. The number of methoxy groups -OCH3 is 2. The number of anilines is 2. The molecule has 0 unspecified atom stereocenters. The van der Waals surface area contributed by atoms with Gasteiger partial charge in [-0.25, -0.2) is 4.98 Å². The van der Waals surface area contributed by atoms with Crippen LogP contribution in [0.15, 0.2) is 42.6 Å². The average Bonchev–Trinajstić information content (AvgIpc) is 2.56. The second-order valence-corrected chi connectivity index (χ2v) is 4.52. The van der Waals surface area contributed by atoms with Gasteiger partial charge in [0.15, 0.2) is 0 Å². The molecular formula is C16H21N3O2. The molecule has 1 aromatic heterocycles. The number of rotatable bonds is 7. The Morgan fingerprint density at radius 2 is 1.95 bits per heavy atom. The molecule has 0 amide bonds. The third-order valence-electron chi connectivity index (χ3n) is 3.20. The Hall–Kier alpha value is -2.27. The van der Waals surface area contributed by atoms with Crippen molar-refractivity contribution < 1.29 is 9.47 Å². The molecule has 0 saturated carbocycles. The predicted octanol–water partition coefficient (Wildman–Crippen LogP) is 2.59. The maximum absolute atomic E-state index is 5.66. The standard InChI is InChI=1S/C16H21N3O2/c1-20-15-7-4-3-6-14(15)19(11-5-9-17)13-8-10-18-16(12-13)21-2/h3-4,6-8,10,12H,5,9,11,17H2,1-2H3. The number of hydrogen-bond acceptors (Lipinski definition) is 5. The quantitative estimate of drug-likeness (QED) is 0.848. The van der Waals surface area contributed by atoms with Gasteiger partial charge in [-0.15, -0.1) is 0 Å². The molecule has 0 aliphatic rings. The molecule has 2 rings (SSSR count). The minimum Gasteiger partial charge on any atom is -0.495 e. The van der Waals surface area contributed by atoms with Gasteiger partial charge in [0, 0.05) is 24.5 Å². The van der Waals surface area contributed by atoms with Crippen LogP contribution in [0, 0.1) is 0 Å². The van der Waals surface area contributed by atoms with Gasteiger partial charge in [-0.1, -0.05) is 12.1 Å². The number of aromatic nitrogens is 1. The molecule has 5 nitrogen and oxygen atoms in total. The summed E-state index contributed by atoms with van der Waals surface area (Å²) in [6, 6.07) is 11.8. The van der Waals surface area contributed by atoms with E-state index in [1.165, 1.54) is 0 Å². The zero-order valence-electron chi connectivity index (χ0n) is 12.5. The lowest BCUT2D eigenvalue weighted by atomic mass is 10.2. The highest BCUT2D eigenvalue weighted by atomic mass is 16.5. The summed E-state index contributed by atoms with van der Waals surface area (Å²) in [5, 5.41) is 0. The SMILES string of the molecule is COc1cc(N(CCCN)c2ccccc2OC)ccn1. The highest BCUT2D eigenvalue weighted by molar-refractivity contribution is 5.69. The first-order valence-corrected chi connectivity index (χ1v) is 6.90. The first-order chi connectivity index (χ1) is 10.3. The van der Waals surface area contributed by atoms with Crippen LogP contribution >= 0.6 is 0 Å². The second kappa shape index (κ2) is 7.50. The van der Waals surface area contributed by atoms with Crippen LogP contribution in [0.2, 0.25) is 0 Å². The highest BCUT2D eigenvalue weighted by Crippen LogP contribution is 2.34. The van der Waals surface area contributed by atoms with Crippen molar-refractivity contribution >= 4 is 11.4 Å². The van der Waals surface area contributed by atoms with Crippen LogP contribution in [-0.4, -0.2) is 32.3 Å². The number of para-hydroxylation sites is 2. The van der Waals surface area contributed by atoms with E-state index in [1.54, 1.807) is 20.4 Å². The number of nitrogens with two attached hydrogens (primary N) is 1. The van der Waals surface area contributed by atoms with E-state index in [1.807, 2.05) is 36.4 Å². The molecule has 0 saturated heterocycles. The lowest BCUT2D eigenvalue weighted by Crippen LogP contribution is -2.21. The summed E-state index contributed by atoms with van der Waals surface area (Å²) in [5.74, 6) is 1.41. The Bertz CT molecular complexity index is 575. The van der Waals surface area contributed by atoms with E-state index >= 15 is 0 Å². The molecule has 0 bridgehead atoms. The van der Waals surface area contributed by atoms with E-state index < -0.39 is 0 Å². The van der Waals surface area contributed by atoms with Gasteiger partial charge in [0.2, 0.25) is 5.88 Å². The summed E-state index contributed by atoms with van der Waals surface area (Å²) < 4.78 is 10.7. The molecule has 21 heavy (non-hydrogen) atoms. The third kappa shape index (κ3) is 3.64. The Labute approximate surface area is 125 Å². The topological polar surface area (TPSA) is 60.6 Å². The third-order valence-corrected chi connectivity index (χ3v) is 3.20. The minimum atomic E-state index is 0.583. The molecule has 1 aromatic carbocycles. The maximum Gasteiger partial charge on any atom is 0.214 e. The monoisotopic (exact) mass is 287 g/mol. The van der Waals surface area contributed by atoms with E-state index in [-0.39, 0.29) is 0 Å². The molecule has 5 heteroatoms. The van der Waals surface area contributed by atoms with Crippen molar-refractivity contribution in [3.63, 3.8) is 0 Å². The lowest BCUT2D eigenvalue weighted by Gasteiger charge is -2.26. The van der Waals surface area contributed by atoms with Crippen molar-refractivity contribution in [1.82, 2.24) is 4.98 Å². The minimum absolute atomic E-state index is 0.583. The van der Waals surface area contributed by atoms with Crippen molar-refractivity contribution in [3.8, 4) is 11.6 Å². The normalized spacial score (nSPS) is 10.2. The Kier molecular flexibility index (Phi) is 5.40. The van der Waals surface area contributed by atoms with Gasteiger partial charge >= 0.3 is 0 Å². The van der Waals surface area contributed by atoms with Gasteiger partial charge in [0.1, 0.15) is 5.75 Å². The molecule has 0 radical (unpaired) electrons. The number of benzene rings is 1. The highest BCUT2D eigenvalue weighted by Gasteiger charge is 2.14. The van der Waals surface area contributed by atoms with E-state index in [0.29, 0.717) is 12.4 Å². The summed E-state index contributed by atoms with van der Waals surface area (Å²) >= 11 is 0. The van der Waals surface area contributed by atoms with Gasteiger partial charge in [0.25, 0.3) is 0 Å². The smallest absolute Gasteiger partial charge is 0.214 e. The molecule has 0 aliphatic carbocycles. The summed E-state index contributed by atoms with van der Waals surface area (Å²) in [7, 11) is 3.28. The predicted molar refractivity (Wildman–Crippen MR) is 84.5 cm³/mol. The van der Waals surface area contributed by atoms with Crippen LogP contribution in [0.25, 0.3) is 0 Å². The van der Waals surface area contributed by atoms with Gasteiger partial charge in [-0.2, -0.15) is 0 Å². The number of ether oxygens (including phenoxy) is 2. The van der Waals surface area contributed by atoms with E-state index in [9.17, 15) is 0 Å². The second-order valence-electron chi connectivity index (χ2n) is 4.52. The van der Waals surface area contributed by atoms with Gasteiger partial charge < -0.3 is 20.1 Å². The summed E-state index contributed by atoms with van der Waals surface area (Å²) in [5.41, 5.74) is 7.67. The van der Waals surface area contributed by atoms with Crippen molar-refractivity contribution in [2.24, 2.45) is 5.73 Å².